The highest BCUT2D eigenvalue weighted by Crippen LogP contribution is 2.22. The molecule has 0 aliphatic carbocycles. The summed E-state index contributed by atoms with van der Waals surface area (Å²) in [5, 5.41) is 21.1. The highest BCUT2D eigenvalue weighted by Gasteiger charge is 2.42. The van der Waals surface area contributed by atoms with Gasteiger partial charge in [0.15, 0.2) is 6.10 Å². The van der Waals surface area contributed by atoms with Gasteiger partial charge in [0.1, 0.15) is 24.9 Å². The second-order valence-corrected chi connectivity index (χ2v) is 15.0. The lowest BCUT2D eigenvalue weighted by Gasteiger charge is -2.22. The van der Waals surface area contributed by atoms with Gasteiger partial charge in [0, 0.05) is 12.8 Å². The number of rotatable bonds is 36. The summed E-state index contributed by atoms with van der Waals surface area (Å²) in [5.74, 6) is -0.680. The highest BCUT2D eigenvalue weighted by molar-refractivity contribution is 5.69. The van der Waals surface area contributed by atoms with Gasteiger partial charge in [-0.05, 0) is 12.8 Å². The minimum atomic E-state index is -1.17. The van der Waals surface area contributed by atoms with Crippen molar-refractivity contribution in [2.24, 2.45) is 0 Å². The fourth-order valence-corrected chi connectivity index (χ4v) is 6.91. The monoisotopic (exact) mass is 697 g/mol. The van der Waals surface area contributed by atoms with E-state index in [0.29, 0.717) is 12.8 Å². The van der Waals surface area contributed by atoms with E-state index in [4.69, 9.17) is 14.2 Å². The Kier molecular flexibility index (Phi) is 31.7. The molecule has 0 saturated carbocycles. The lowest BCUT2D eigenvalue weighted by molar-refractivity contribution is -0.154. The maximum atomic E-state index is 12.3. The smallest absolute Gasteiger partial charge is 0.306 e. The fourth-order valence-electron chi connectivity index (χ4n) is 6.91. The number of ether oxygens (including phenoxy) is 3. The zero-order valence-electron chi connectivity index (χ0n) is 32.3. The molecule has 0 aromatic heterocycles. The van der Waals surface area contributed by atoms with Crippen LogP contribution in [0.2, 0.25) is 0 Å². The number of aliphatic hydroxyl groups excluding tert-OH is 2. The highest BCUT2D eigenvalue weighted by atomic mass is 16.6. The molecule has 1 fully saturated rings. The zero-order chi connectivity index (χ0) is 35.6. The van der Waals surface area contributed by atoms with Crippen molar-refractivity contribution in [1.29, 1.82) is 0 Å². The van der Waals surface area contributed by atoms with Crippen LogP contribution in [0.4, 0.5) is 0 Å². The molecule has 7 nitrogen and oxygen atoms in total. The maximum Gasteiger partial charge on any atom is 0.306 e. The van der Waals surface area contributed by atoms with Gasteiger partial charge in [-0.1, -0.05) is 194 Å². The summed E-state index contributed by atoms with van der Waals surface area (Å²) in [4.78, 5) is 24.5. The van der Waals surface area contributed by atoms with Crippen molar-refractivity contribution in [2.75, 3.05) is 13.2 Å². The van der Waals surface area contributed by atoms with E-state index < -0.39 is 24.4 Å². The van der Waals surface area contributed by atoms with Gasteiger partial charge in [-0.25, -0.2) is 0 Å². The summed E-state index contributed by atoms with van der Waals surface area (Å²) >= 11 is 0. The van der Waals surface area contributed by atoms with Crippen LogP contribution in [0.3, 0.4) is 0 Å². The predicted molar refractivity (Wildman–Crippen MR) is 202 cm³/mol. The van der Waals surface area contributed by atoms with Crippen LogP contribution in [0.1, 0.15) is 219 Å². The number of esters is 2. The van der Waals surface area contributed by atoms with Crippen LogP contribution in [0, 0.1) is 0 Å². The Morgan fingerprint density at radius 1 is 0.551 bits per heavy atom. The van der Waals surface area contributed by atoms with E-state index >= 15 is 0 Å². The van der Waals surface area contributed by atoms with Crippen molar-refractivity contribution in [3.8, 4) is 0 Å². The molecule has 1 aliphatic rings. The van der Waals surface area contributed by atoms with Crippen LogP contribution < -0.4 is 0 Å². The summed E-state index contributed by atoms with van der Waals surface area (Å²) in [6.45, 7) is 4.32. The summed E-state index contributed by atoms with van der Waals surface area (Å²) in [7, 11) is 0. The molecular formula is C42H80O7. The van der Waals surface area contributed by atoms with Crippen LogP contribution in [0.25, 0.3) is 0 Å². The average Bonchev–Trinajstić information content (AvgIpc) is 3.46. The van der Waals surface area contributed by atoms with E-state index in [1.807, 2.05) is 0 Å². The van der Waals surface area contributed by atoms with E-state index in [-0.39, 0.29) is 25.2 Å². The summed E-state index contributed by atoms with van der Waals surface area (Å²) in [6.07, 6.45) is 34.7. The molecule has 0 radical (unpaired) electrons. The molecule has 1 aliphatic heterocycles. The van der Waals surface area contributed by atoms with Gasteiger partial charge in [-0.2, -0.15) is 0 Å². The number of unbranched alkanes of at least 4 members (excludes halogenated alkanes) is 28. The standard InChI is InChI=1S/C42H80O7/c1-3-5-7-9-11-13-15-17-19-21-23-25-27-29-31-33-39(44)47-35-37(43)42-41(46)38(36-48-42)49-40(45)34-32-30-28-26-24-22-20-18-16-14-12-10-8-6-4-2/h37-38,41-43,46H,3-36H2,1-2H3/t37-,38+,41-,42-/m1/s1. The Bertz CT molecular complexity index is 745. The SMILES string of the molecule is CCCCCCCCCCCCCCCCCC(=O)OC[C@@H](O)[C@H]1OC[C@H](OC(=O)CCCCCCCCCCCCCCCCC)[C@H]1O. The topological polar surface area (TPSA) is 102 Å². The molecule has 0 aromatic carbocycles. The first kappa shape index (κ1) is 45.8. The number of hydrogen-bond acceptors (Lipinski definition) is 7. The molecule has 4 atom stereocenters. The van der Waals surface area contributed by atoms with E-state index in [9.17, 15) is 19.8 Å². The Hall–Kier alpha value is -1.18. The molecule has 1 heterocycles. The molecule has 0 amide bonds. The van der Waals surface area contributed by atoms with E-state index in [1.165, 1.54) is 154 Å². The first-order valence-corrected chi connectivity index (χ1v) is 21.3. The summed E-state index contributed by atoms with van der Waals surface area (Å²) in [6, 6.07) is 0. The van der Waals surface area contributed by atoms with Crippen molar-refractivity contribution in [1.82, 2.24) is 0 Å². The molecule has 0 aromatic rings. The quantitative estimate of drug-likeness (QED) is 0.0496. The van der Waals surface area contributed by atoms with E-state index in [0.717, 1.165) is 38.5 Å². The third-order valence-electron chi connectivity index (χ3n) is 10.2. The van der Waals surface area contributed by atoms with Gasteiger partial charge < -0.3 is 24.4 Å². The van der Waals surface area contributed by atoms with Crippen LogP contribution in [-0.4, -0.2) is 59.8 Å². The largest absolute Gasteiger partial charge is 0.463 e. The maximum absolute atomic E-state index is 12.3. The first-order valence-electron chi connectivity index (χ1n) is 21.3. The van der Waals surface area contributed by atoms with Crippen LogP contribution in [0.15, 0.2) is 0 Å². The van der Waals surface area contributed by atoms with Crippen molar-refractivity contribution < 1.29 is 34.0 Å². The van der Waals surface area contributed by atoms with Crippen molar-refractivity contribution in [2.45, 2.75) is 244 Å². The molecule has 290 valence electrons. The molecule has 0 spiro atoms. The predicted octanol–water partition coefficient (Wildman–Crippen LogP) is 11.1. The Morgan fingerprint density at radius 3 is 1.24 bits per heavy atom. The van der Waals surface area contributed by atoms with Crippen molar-refractivity contribution in [3.63, 3.8) is 0 Å². The summed E-state index contributed by atoms with van der Waals surface area (Å²) < 4.78 is 16.2. The third-order valence-corrected chi connectivity index (χ3v) is 10.2. The minimum Gasteiger partial charge on any atom is -0.463 e. The number of aliphatic hydroxyl groups is 2. The van der Waals surface area contributed by atoms with Crippen molar-refractivity contribution >= 4 is 11.9 Å². The van der Waals surface area contributed by atoms with Gasteiger partial charge in [0.05, 0.1) is 6.61 Å². The Morgan fingerprint density at radius 2 is 0.878 bits per heavy atom. The average molecular weight is 697 g/mol. The molecule has 0 unspecified atom stereocenters. The van der Waals surface area contributed by atoms with Gasteiger partial charge in [0.2, 0.25) is 0 Å². The second kappa shape index (κ2) is 33.9. The Balaban J connectivity index is 1.95. The minimum absolute atomic E-state index is 0.0283. The van der Waals surface area contributed by atoms with Crippen molar-refractivity contribution in [3.05, 3.63) is 0 Å². The molecule has 7 heteroatoms. The molecule has 1 saturated heterocycles. The lowest BCUT2D eigenvalue weighted by Crippen LogP contribution is -2.42. The van der Waals surface area contributed by atoms with Gasteiger partial charge in [0.25, 0.3) is 0 Å². The Labute approximate surface area is 302 Å². The third kappa shape index (κ3) is 27.2. The molecule has 0 bridgehead atoms. The number of carbonyl (C=O) groups is 2. The normalized spacial score (nSPS) is 18.2. The van der Waals surface area contributed by atoms with E-state index in [2.05, 4.69) is 13.8 Å². The van der Waals surface area contributed by atoms with Gasteiger partial charge in [-0.3, -0.25) is 9.59 Å². The summed E-state index contributed by atoms with van der Waals surface area (Å²) in [5.41, 5.74) is 0. The van der Waals surface area contributed by atoms with Gasteiger partial charge in [-0.15, -0.1) is 0 Å². The lowest BCUT2D eigenvalue weighted by atomic mass is 10.0. The van der Waals surface area contributed by atoms with Crippen LogP contribution in [-0.2, 0) is 23.8 Å². The van der Waals surface area contributed by atoms with Gasteiger partial charge >= 0.3 is 11.9 Å². The molecule has 1 rings (SSSR count). The first-order chi connectivity index (χ1) is 24.0. The zero-order valence-corrected chi connectivity index (χ0v) is 32.3. The fraction of sp³-hybridized carbons (Fsp3) is 0.952. The molecule has 2 N–H and O–H groups in total. The second-order valence-electron chi connectivity index (χ2n) is 15.0. The van der Waals surface area contributed by atoms with Crippen LogP contribution in [0.5, 0.6) is 0 Å². The number of hydrogen-bond donors (Lipinski definition) is 2. The number of carbonyl (C=O) groups excluding carboxylic acids is 2. The molecular weight excluding hydrogens is 616 g/mol. The molecule has 49 heavy (non-hydrogen) atoms. The van der Waals surface area contributed by atoms with Crippen LogP contribution >= 0.6 is 0 Å². The van der Waals surface area contributed by atoms with E-state index in [1.54, 1.807) is 0 Å².